The molecule has 3 N–H and O–H groups in total. The zero-order valence-electron chi connectivity index (χ0n) is 5.51. The van der Waals surface area contributed by atoms with Crippen molar-refractivity contribution in [3.05, 3.63) is 24.3 Å². The molecule has 2 rings (SSSR count). The van der Waals surface area contributed by atoms with Crippen LogP contribution in [0.25, 0.3) is 11.1 Å². The normalized spacial score (nSPS) is 11.5. The van der Waals surface area contributed by atoms with Crippen molar-refractivity contribution in [2.45, 2.75) is 0 Å². The minimum atomic E-state index is -4.64. The standard InChI is InChI=1S/C6H4.H3O4P/c1-2-6-4-3-5(1)6;1-5(2,3)4/h1-4H;(H3,1,2,3,4). The molecule has 0 saturated heterocycles. The van der Waals surface area contributed by atoms with Gasteiger partial charge in [-0.1, -0.05) is 24.3 Å². The van der Waals surface area contributed by atoms with E-state index in [-0.39, 0.29) is 0 Å². The lowest BCUT2D eigenvalue weighted by Gasteiger charge is -2.10. The fraction of sp³-hybridized carbons (Fsp3) is 0. The van der Waals surface area contributed by atoms with Gasteiger partial charge >= 0.3 is 7.82 Å². The Morgan fingerprint density at radius 3 is 1.09 bits per heavy atom. The molecule has 11 heavy (non-hydrogen) atoms. The van der Waals surface area contributed by atoms with Gasteiger partial charge in [0.05, 0.1) is 0 Å². The van der Waals surface area contributed by atoms with E-state index in [4.69, 9.17) is 19.2 Å². The van der Waals surface area contributed by atoms with Crippen LogP contribution in [0.1, 0.15) is 0 Å². The Labute approximate surface area is 63.4 Å². The van der Waals surface area contributed by atoms with Crippen molar-refractivity contribution in [1.29, 1.82) is 0 Å². The molecule has 0 radical (unpaired) electrons. The summed E-state index contributed by atoms with van der Waals surface area (Å²) in [6.07, 6.45) is 0. The Kier molecular flexibility index (Phi) is 2.11. The average molecular weight is 174 g/mol. The van der Waals surface area contributed by atoms with Gasteiger partial charge in [-0.3, -0.25) is 0 Å². The fourth-order valence-corrected chi connectivity index (χ4v) is 0.663. The third kappa shape index (κ3) is 2.82. The zero-order valence-corrected chi connectivity index (χ0v) is 6.40. The van der Waals surface area contributed by atoms with Crippen LogP contribution in [0.3, 0.4) is 0 Å². The van der Waals surface area contributed by atoms with Crippen LogP contribution in [0.4, 0.5) is 0 Å². The Hall–Kier alpha value is -0.670. The van der Waals surface area contributed by atoms with Gasteiger partial charge in [0, 0.05) is 0 Å². The first-order valence-electron chi connectivity index (χ1n) is 2.85. The first kappa shape index (κ1) is 8.43. The summed E-state index contributed by atoms with van der Waals surface area (Å²) < 4.78 is 8.88. The van der Waals surface area contributed by atoms with Crippen LogP contribution in [0.5, 0.6) is 0 Å². The summed E-state index contributed by atoms with van der Waals surface area (Å²) in [4.78, 5) is 21.6. The van der Waals surface area contributed by atoms with Gasteiger partial charge in [-0.2, -0.15) is 0 Å². The van der Waals surface area contributed by atoms with Gasteiger partial charge in [0.1, 0.15) is 0 Å². The number of rotatable bonds is 0. The molecule has 0 saturated carbocycles. The molecule has 2 aliphatic carbocycles. The summed E-state index contributed by atoms with van der Waals surface area (Å²) in [5.41, 5.74) is 2.85. The molecule has 0 aliphatic heterocycles. The Balaban J connectivity index is 0.000000114. The van der Waals surface area contributed by atoms with Gasteiger partial charge in [-0.15, -0.1) is 0 Å². The van der Waals surface area contributed by atoms with E-state index in [0.717, 1.165) is 0 Å². The number of hydrogen-bond donors (Lipinski definition) is 3. The molecule has 0 unspecified atom stereocenters. The molecule has 4 nitrogen and oxygen atoms in total. The molecule has 0 bridgehead atoms. The first-order chi connectivity index (χ1) is 4.97. The highest BCUT2D eigenvalue weighted by Crippen LogP contribution is 2.29. The SMILES string of the molecule is O=P(O)(O)O.c1cc2ccc1-2. The highest BCUT2D eigenvalue weighted by atomic mass is 31.2. The molecule has 0 aromatic carbocycles. The van der Waals surface area contributed by atoms with Crippen LogP contribution in [0.15, 0.2) is 24.3 Å². The summed E-state index contributed by atoms with van der Waals surface area (Å²) in [6.45, 7) is 0. The lowest BCUT2D eigenvalue weighted by Crippen LogP contribution is -1.85. The van der Waals surface area contributed by atoms with E-state index < -0.39 is 7.82 Å². The second-order valence-corrected chi connectivity index (χ2v) is 3.12. The smallest absolute Gasteiger partial charge is 0.303 e. The van der Waals surface area contributed by atoms with E-state index in [9.17, 15) is 0 Å². The molecule has 5 heteroatoms. The summed E-state index contributed by atoms with van der Waals surface area (Å²) in [5, 5.41) is 0. The van der Waals surface area contributed by atoms with Crippen molar-refractivity contribution in [3.63, 3.8) is 0 Å². The fourth-order valence-electron chi connectivity index (χ4n) is 0.663. The molecule has 0 atom stereocenters. The lowest BCUT2D eigenvalue weighted by molar-refractivity contribution is 0.275. The van der Waals surface area contributed by atoms with Crippen molar-refractivity contribution < 1.29 is 19.2 Å². The van der Waals surface area contributed by atoms with Gasteiger partial charge < -0.3 is 14.7 Å². The van der Waals surface area contributed by atoms with E-state index >= 15 is 0 Å². The maximum absolute atomic E-state index is 8.88. The van der Waals surface area contributed by atoms with Gasteiger partial charge in [-0.05, 0) is 11.1 Å². The largest absolute Gasteiger partial charge is 0.466 e. The zero-order chi connectivity index (χ0) is 8.48. The molecule has 60 valence electrons. The van der Waals surface area contributed by atoms with Gasteiger partial charge in [0.15, 0.2) is 0 Å². The number of benzene rings is 1. The predicted molar refractivity (Wildman–Crippen MR) is 39.7 cm³/mol. The van der Waals surface area contributed by atoms with Crippen LogP contribution in [-0.2, 0) is 4.57 Å². The average Bonchev–Trinajstić information content (AvgIpc) is 1.74. The van der Waals surface area contributed by atoms with Crippen molar-refractivity contribution in [2.75, 3.05) is 0 Å². The number of hydrogen-bond acceptors (Lipinski definition) is 1. The molecule has 0 aromatic heterocycles. The van der Waals surface area contributed by atoms with Crippen LogP contribution < -0.4 is 0 Å². The second kappa shape index (κ2) is 2.75. The van der Waals surface area contributed by atoms with Crippen LogP contribution in [-0.4, -0.2) is 14.7 Å². The molecule has 0 aromatic rings. The number of phosphoric acid groups is 1. The summed E-state index contributed by atoms with van der Waals surface area (Å²) in [6, 6.07) is 8.48. The third-order valence-electron chi connectivity index (χ3n) is 1.22. The minimum Gasteiger partial charge on any atom is -0.303 e. The Morgan fingerprint density at radius 2 is 1.09 bits per heavy atom. The molecule has 0 amide bonds. The summed E-state index contributed by atoms with van der Waals surface area (Å²) in [5.74, 6) is 0. The van der Waals surface area contributed by atoms with Gasteiger partial charge in [-0.25, -0.2) is 4.57 Å². The van der Waals surface area contributed by atoms with Crippen LogP contribution in [0.2, 0.25) is 0 Å². The minimum absolute atomic E-state index is 1.43. The summed E-state index contributed by atoms with van der Waals surface area (Å²) >= 11 is 0. The maximum atomic E-state index is 8.88. The monoisotopic (exact) mass is 174 g/mol. The van der Waals surface area contributed by atoms with E-state index in [1.807, 2.05) is 0 Å². The Bertz CT molecular complexity index is 257. The maximum Gasteiger partial charge on any atom is 0.466 e. The van der Waals surface area contributed by atoms with Crippen molar-refractivity contribution in [3.8, 4) is 11.1 Å². The van der Waals surface area contributed by atoms with Crippen LogP contribution in [0, 0.1) is 0 Å². The number of fused-ring (bicyclic) bond motifs is 1. The van der Waals surface area contributed by atoms with E-state index in [0.29, 0.717) is 0 Å². The van der Waals surface area contributed by atoms with E-state index in [1.54, 1.807) is 0 Å². The molecular weight excluding hydrogens is 167 g/mol. The molecule has 0 heterocycles. The third-order valence-corrected chi connectivity index (χ3v) is 1.22. The highest BCUT2D eigenvalue weighted by Gasteiger charge is 2.04. The quantitative estimate of drug-likeness (QED) is 0.514. The van der Waals surface area contributed by atoms with Crippen molar-refractivity contribution >= 4 is 7.82 Å². The van der Waals surface area contributed by atoms with Gasteiger partial charge in [0.2, 0.25) is 0 Å². The predicted octanol–water partition coefficient (Wildman–Crippen LogP) is 0.738. The van der Waals surface area contributed by atoms with Crippen molar-refractivity contribution in [1.82, 2.24) is 0 Å². The highest BCUT2D eigenvalue weighted by molar-refractivity contribution is 7.45. The summed E-state index contributed by atoms with van der Waals surface area (Å²) in [7, 11) is -4.64. The topological polar surface area (TPSA) is 77.8 Å². The second-order valence-electron chi connectivity index (χ2n) is 2.09. The lowest BCUT2D eigenvalue weighted by atomic mass is 9.95. The van der Waals surface area contributed by atoms with Crippen molar-refractivity contribution in [2.24, 2.45) is 0 Å². The molecule has 0 spiro atoms. The molecule has 2 aliphatic rings. The first-order valence-corrected chi connectivity index (χ1v) is 4.42. The van der Waals surface area contributed by atoms with Crippen LogP contribution >= 0.6 is 7.82 Å². The Morgan fingerprint density at radius 1 is 0.909 bits per heavy atom. The van der Waals surface area contributed by atoms with Gasteiger partial charge in [0.25, 0.3) is 0 Å². The van der Waals surface area contributed by atoms with E-state index in [1.165, 1.54) is 11.1 Å². The molecular formula is C6H7O4P. The molecule has 0 fully saturated rings. The van der Waals surface area contributed by atoms with E-state index in [2.05, 4.69) is 24.3 Å².